The highest BCUT2D eigenvalue weighted by Gasteiger charge is 2.11. The van der Waals surface area contributed by atoms with Crippen LogP contribution in [0.1, 0.15) is 25.3 Å². The topological polar surface area (TPSA) is 40.5 Å². The Kier molecular flexibility index (Phi) is 2.22. The first-order valence-corrected chi connectivity index (χ1v) is 3.73. The molecule has 0 unspecified atom stereocenters. The number of rotatable bonds is 1. The minimum atomic E-state index is -0.533. The molecule has 0 saturated heterocycles. The van der Waals surface area contributed by atoms with Gasteiger partial charge in [-0.25, -0.2) is 4.39 Å². The van der Waals surface area contributed by atoms with E-state index in [-0.39, 0.29) is 11.7 Å². The number of phenols is 2. The second-order valence-electron chi connectivity index (χ2n) is 3.02. The first kappa shape index (κ1) is 8.84. The predicted molar refractivity (Wildman–Crippen MR) is 43.8 cm³/mol. The summed E-state index contributed by atoms with van der Waals surface area (Å²) in [5.41, 5.74) is 0.424. The van der Waals surface area contributed by atoms with Crippen LogP contribution < -0.4 is 0 Å². The van der Waals surface area contributed by atoms with Crippen LogP contribution in [-0.2, 0) is 0 Å². The lowest BCUT2D eigenvalue weighted by Gasteiger charge is -2.09. The first-order valence-electron chi connectivity index (χ1n) is 3.73. The largest absolute Gasteiger partial charge is 0.504 e. The summed E-state index contributed by atoms with van der Waals surface area (Å²) < 4.78 is 12.7. The standard InChI is InChI=1S/C9H11FO2/c1-5(2)7-3-6(10)4-8(11)9(7)12/h3-5,11-12H,1-2H3. The molecule has 0 heterocycles. The molecule has 0 aliphatic carbocycles. The summed E-state index contributed by atoms with van der Waals surface area (Å²) in [6, 6.07) is 2.11. The Bertz CT molecular complexity index is 295. The van der Waals surface area contributed by atoms with Crippen LogP contribution in [0.3, 0.4) is 0 Å². The van der Waals surface area contributed by atoms with Gasteiger partial charge in [-0.05, 0) is 12.0 Å². The van der Waals surface area contributed by atoms with Gasteiger partial charge in [-0.15, -0.1) is 0 Å². The fourth-order valence-electron chi connectivity index (χ4n) is 1.05. The molecular weight excluding hydrogens is 159 g/mol. The average molecular weight is 170 g/mol. The molecule has 0 spiro atoms. The Labute approximate surface area is 70.3 Å². The van der Waals surface area contributed by atoms with Crippen LogP contribution in [0.2, 0.25) is 0 Å². The number of hydrogen-bond donors (Lipinski definition) is 2. The summed E-state index contributed by atoms with van der Waals surface area (Å²) in [6.45, 7) is 3.63. The number of aromatic hydroxyl groups is 2. The molecule has 0 aromatic heterocycles. The van der Waals surface area contributed by atoms with Crippen molar-refractivity contribution in [2.75, 3.05) is 0 Å². The Morgan fingerprint density at radius 3 is 2.33 bits per heavy atom. The van der Waals surface area contributed by atoms with Gasteiger partial charge in [0.1, 0.15) is 5.82 Å². The van der Waals surface area contributed by atoms with Crippen LogP contribution in [0.5, 0.6) is 11.5 Å². The van der Waals surface area contributed by atoms with E-state index in [1.807, 2.05) is 13.8 Å². The second kappa shape index (κ2) is 3.01. The highest BCUT2D eigenvalue weighted by Crippen LogP contribution is 2.34. The monoisotopic (exact) mass is 170 g/mol. The van der Waals surface area contributed by atoms with Gasteiger partial charge in [0, 0.05) is 11.6 Å². The van der Waals surface area contributed by atoms with Gasteiger partial charge in [0.2, 0.25) is 0 Å². The average Bonchev–Trinajstić information content (AvgIpc) is 1.96. The molecule has 1 aromatic rings. The summed E-state index contributed by atoms with van der Waals surface area (Å²) in [6.07, 6.45) is 0. The fourth-order valence-corrected chi connectivity index (χ4v) is 1.05. The third kappa shape index (κ3) is 1.49. The van der Waals surface area contributed by atoms with Gasteiger partial charge in [-0.3, -0.25) is 0 Å². The zero-order valence-corrected chi connectivity index (χ0v) is 7.00. The van der Waals surface area contributed by atoms with Crippen molar-refractivity contribution in [2.45, 2.75) is 19.8 Å². The SMILES string of the molecule is CC(C)c1cc(F)cc(O)c1O. The Morgan fingerprint density at radius 2 is 1.83 bits per heavy atom. The highest BCUT2D eigenvalue weighted by molar-refractivity contribution is 5.46. The maximum absolute atomic E-state index is 12.7. The Morgan fingerprint density at radius 1 is 1.25 bits per heavy atom. The van der Waals surface area contributed by atoms with Crippen LogP contribution in [-0.4, -0.2) is 10.2 Å². The van der Waals surface area contributed by atoms with Crippen molar-refractivity contribution in [2.24, 2.45) is 0 Å². The molecule has 0 radical (unpaired) electrons. The minimum Gasteiger partial charge on any atom is -0.504 e. The Hall–Kier alpha value is -1.25. The van der Waals surface area contributed by atoms with Crippen LogP contribution in [0.25, 0.3) is 0 Å². The summed E-state index contributed by atoms with van der Waals surface area (Å²) in [4.78, 5) is 0. The molecule has 1 aromatic carbocycles. The van der Waals surface area contributed by atoms with Crippen LogP contribution in [0.4, 0.5) is 4.39 Å². The predicted octanol–water partition coefficient (Wildman–Crippen LogP) is 2.36. The quantitative estimate of drug-likeness (QED) is 0.635. The highest BCUT2D eigenvalue weighted by atomic mass is 19.1. The maximum Gasteiger partial charge on any atom is 0.161 e. The van der Waals surface area contributed by atoms with E-state index >= 15 is 0 Å². The zero-order valence-electron chi connectivity index (χ0n) is 7.00. The molecule has 12 heavy (non-hydrogen) atoms. The van der Waals surface area contributed by atoms with Crippen molar-refractivity contribution in [1.29, 1.82) is 0 Å². The summed E-state index contributed by atoms with van der Waals surface area (Å²) in [5, 5.41) is 18.3. The van der Waals surface area contributed by atoms with Gasteiger partial charge in [0.05, 0.1) is 0 Å². The number of hydrogen-bond acceptors (Lipinski definition) is 2. The molecule has 0 aliphatic rings. The third-order valence-electron chi connectivity index (χ3n) is 1.71. The van der Waals surface area contributed by atoms with E-state index in [4.69, 9.17) is 5.11 Å². The number of phenolic OH excluding ortho intramolecular Hbond substituents is 2. The van der Waals surface area contributed by atoms with Gasteiger partial charge >= 0.3 is 0 Å². The molecule has 0 amide bonds. The van der Waals surface area contributed by atoms with Crippen molar-refractivity contribution in [3.63, 3.8) is 0 Å². The van der Waals surface area contributed by atoms with E-state index in [1.54, 1.807) is 0 Å². The first-order chi connectivity index (χ1) is 5.52. The van der Waals surface area contributed by atoms with Gasteiger partial charge in [0.15, 0.2) is 11.5 Å². The number of benzene rings is 1. The maximum atomic E-state index is 12.7. The van der Waals surface area contributed by atoms with Crippen LogP contribution >= 0.6 is 0 Å². The molecule has 0 saturated carbocycles. The van der Waals surface area contributed by atoms with E-state index < -0.39 is 11.6 Å². The zero-order chi connectivity index (χ0) is 9.30. The molecular formula is C9H11FO2. The van der Waals surface area contributed by atoms with Crippen molar-refractivity contribution >= 4 is 0 Å². The van der Waals surface area contributed by atoms with Crippen LogP contribution in [0, 0.1) is 5.82 Å². The molecule has 66 valence electrons. The summed E-state index contributed by atoms with van der Waals surface area (Å²) in [5.74, 6) is -1.18. The molecule has 0 atom stereocenters. The van der Waals surface area contributed by atoms with Crippen molar-refractivity contribution in [3.05, 3.63) is 23.5 Å². The van der Waals surface area contributed by atoms with Crippen molar-refractivity contribution in [3.8, 4) is 11.5 Å². The van der Waals surface area contributed by atoms with Crippen LogP contribution in [0.15, 0.2) is 12.1 Å². The Balaban J connectivity index is 3.28. The summed E-state index contributed by atoms with van der Waals surface area (Å²) >= 11 is 0. The van der Waals surface area contributed by atoms with Gasteiger partial charge in [0.25, 0.3) is 0 Å². The molecule has 0 fully saturated rings. The molecule has 2 nitrogen and oxygen atoms in total. The van der Waals surface area contributed by atoms with Gasteiger partial charge in [-0.1, -0.05) is 13.8 Å². The summed E-state index contributed by atoms with van der Waals surface area (Å²) in [7, 11) is 0. The lowest BCUT2D eigenvalue weighted by molar-refractivity contribution is 0.393. The third-order valence-corrected chi connectivity index (χ3v) is 1.71. The van der Waals surface area contributed by atoms with E-state index in [0.717, 1.165) is 6.07 Å². The lowest BCUT2D eigenvalue weighted by Crippen LogP contribution is -1.90. The molecule has 0 bridgehead atoms. The number of halogens is 1. The van der Waals surface area contributed by atoms with Crippen molar-refractivity contribution in [1.82, 2.24) is 0 Å². The van der Waals surface area contributed by atoms with E-state index in [2.05, 4.69) is 0 Å². The van der Waals surface area contributed by atoms with Gasteiger partial charge in [-0.2, -0.15) is 0 Å². The lowest BCUT2D eigenvalue weighted by atomic mass is 10.0. The van der Waals surface area contributed by atoms with E-state index in [1.165, 1.54) is 6.07 Å². The fraction of sp³-hybridized carbons (Fsp3) is 0.333. The molecule has 1 rings (SSSR count). The second-order valence-corrected chi connectivity index (χ2v) is 3.02. The molecule has 3 heteroatoms. The molecule has 0 aliphatic heterocycles. The van der Waals surface area contributed by atoms with Gasteiger partial charge < -0.3 is 10.2 Å². The molecule has 2 N–H and O–H groups in total. The van der Waals surface area contributed by atoms with Crippen molar-refractivity contribution < 1.29 is 14.6 Å². The smallest absolute Gasteiger partial charge is 0.161 e. The van der Waals surface area contributed by atoms with E-state index in [0.29, 0.717) is 5.56 Å². The minimum absolute atomic E-state index is 0.00778. The normalized spacial score (nSPS) is 10.7. The van der Waals surface area contributed by atoms with E-state index in [9.17, 15) is 9.50 Å².